The second kappa shape index (κ2) is 6.53. The van der Waals surface area contributed by atoms with Gasteiger partial charge in [-0.15, -0.1) is 0 Å². The van der Waals surface area contributed by atoms with Crippen molar-refractivity contribution in [2.75, 3.05) is 0 Å². The molecule has 0 N–H and O–H groups in total. The molecule has 2 atom stereocenters. The fourth-order valence-electron chi connectivity index (χ4n) is 4.64. The normalized spacial score (nSPS) is 22.3. The van der Waals surface area contributed by atoms with E-state index in [1.54, 1.807) is 12.4 Å². The smallest absolute Gasteiger partial charge is 0.281 e. The van der Waals surface area contributed by atoms with Crippen LogP contribution in [0, 0.1) is 0 Å². The first-order chi connectivity index (χ1) is 13.8. The summed E-state index contributed by atoms with van der Waals surface area (Å²) in [6, 6.07) is 9.31. The van der Waals surface area contributed by atoms with Crippen LogP contribution < -0.4 is 4.74 Å². The summed E-state index contributed by atoms with van der Waals surface area (Å²) in [6.07, 6.45) is 10.1. The molecule has 6 heterocycles. The molecule has 4 aromatic rings. The molecule has 6 nitrogen and oxygen atoms in total. The average Bonchev–Trinajstić information content (AvgIpc) is 3.34. The van der Waals surface area contributed by atoms with Gasteiger partial charge in [0.05, 0.1) is 17.4 Å². The van der Waals surface area contributed by atoms with Crippen LogP contribution in [-0.2, 0) is 6.54 Å². The minimum absolute atomic E-state index is 0.562. The SMILES string of the molecule is c1cnc2nc(Oc3cnc4cc(CN5[C@@H]6CCC[C@H]5CC6)oc4c3)sc2c1. The van der Waals surface area contributed by atoms with Crippen LogP contribution in [0.2, 0.25) is 0 Å². The van der Waals surface area contributed by atoms with E-state index in [1.807, 2.05) is 18.2 Å². The highest BCUT2D eigenvalue weighted by Gasteiger charge is 2.36. The molecule has 4 aromatic heterocycles. The molecule has 0 amide bonds. The van der Waals surface area contributed by atoms with Gasteiger partial charge in [0.1, 0.15) is 11.3 Å². The molecule has 0 spiro atoms. The predicted octanol–water partition coefficient (Wildman–Crippen LogP) is 5.14. The van der Waals surface area contributed by atoms with E-state index in [-0.39, 0.29) is 0 Å². The first-order valence-electron chi connectivity index (χ1n) is 9.85. The first-order valence-corrected chi connectivity index (χ1v) is 10.7. The molecule has 0 radical (unpaired) electrons. The summed E-state index contributed by atoms with van der Waals surface area (Å²) in [6.45, 7) is 0.880. The summed E-state index contributed by atoms with van der Waals surface area (Å²) in [5.74, 6) is 1.62. The zero-order valence-electron chi connectivity index (χ0n) is 15.4. The molecule has 2 saturated heterocycles. The standard InChI is InChI=1S/C21H20N4O2S/c1-3-13-6-7-14(4-1)25(13)12-16-9-17-18(26-16)10-15(11-23-17)27-21-24-20-19(28-21)5-2-8-22-20/h2,5,8-11,13-14H,1,3-4,6-7,12H2/t13-,14+. The van der Waals surface area contributed by atoms with Gasteiger partial charge in [0, 0.05) is 30.4 Å². The van der Waals surface area contributed by atoms with Crippen molar-refractivity contribution in [2.45, 2.75) is 50.7 Å². The van der Waals surface area contributed by atoms with E-state index in [0.29, 0.717) is 16.6 Å². The molecule has 142 valence electrons. The van der Waals surface area contributed by atoms with E-state index >= 15 is 0 Å². The molecule has 6 rings (SSSR count). The molecular formula is C21H20N4O2S. The van der Waals surface area contributed by atoms with E-state index in [0.717, 1.165) is 40.2 Å². The molecule has 2 bridgehead atoms. The number of ether oxygens (including phenoxy) is 1. The van der Waals surface area contributed by atoms with Gasteiger partial charge in [-0.3, -0.25) is 4.90 Å². The Hall–Kier alpha value is -2.51. The van der Waals surface area contributed by atoms with E-state index < -0.39 is 0 Å². The van der Waals surface area contributed by atoms with E-state index in [9.17, 15) is 0 Å². The number of aromatic nitrogens is 3. The largest absolute Gasteiger partial charge is 0.458 e. The van der Waals surface area contributed by atoms with Crippen LogP contribution in [0.15, 0.2) is 41.1 Å². The third-order valence-corrected chi connectivity index (χ3v) is 6.82. The van der Waals surface area contributed by atoms with Gasteiger partial charge in [-0.2, -0.15) is 4.98 Å². The third-order valence-electron chi connectivity index (χ3n) is 5.93. The maximum Gasteiger partial charge on any atom is 0.281 e. The minimum Gasteiger partial charge on any atom is -0.458 e. The number of hydrogen-bond acceptors (Lipinski definition) is 7. The van der Waals surface area contributed by atoms with Crippen LogP contribution in [0.4, 0.5) is 0 Å². The van der Waals surface area contributed by atoms with Crippen molar-refractivity contribution in [2.24, 2.45) is 0 Å². The van der Waals surface area contributed by atoms with Gasteiger partial charge >= 0.3 is 0 Å². The van der Waals surface area contributed by atoms with E-state index in [2.05, 4.69) is 25.9 Å². The Morgan fingerprint density at radius 3 is 2.89 bits per heavy atom. The van der Waals surface area contributed by atoms with Gasteiger partial charge < -0.3 is 9.15 Å². The van der Waals surface area contributed by atoms with Crippen LogP contribution in [-0.4, -0.2) is 31.9 Å². The lowest BCUT2D eigenvalue weighted by atomic mass is 10.0. The number of pyridine rings is 2. The lowest BCUT2D eigenvalue weighted by Crippen LogP contribution is -2.38. The molecule has 0 aliphatic carbocycles. The van der Waals surface area contributed by atoms with Crippen LogP contribution >= 0.6 is 11.3 Å². The van der Waals surface area contributed by atoms with Gasteiger partial charge in [0.25, 0.3) is 5.19 Å². The highest BCUT2D eigenvalue weighted by molar-refractivity contribution is 7.20. The van der Waals surface area contributed by atoms with Crippen molar-refractivity contribution >= 4 is 32.8 Å². The Morgan fingerprint density at radius 2 is 2.04 bits per heavy atom. The van der Waals surface area contributed by atoms with Crippen molar-refractivity contribution in [3.63, 3.8) is 0 Å². The topological polar surface area (TPSA) is 64.3 Å². The van der Waals surface area contributed by atoms with Crippen LogP contribution in [0.3, 0.4) is 0 Å². The number of furan rings is 1. The number of nitrogens with zero attached hydrogens (tertiary/aromatic N) is 4. The Bertz CT molecular complexity index is 1100. The first kappa shape index (κ1) is 16.4. The zero-order chi connectivity index (χ0) is 18.5. The maximum absolute atomic E-state index is 6.12. The Labute approximate surface area is 166 Å². The van der Waals surface area contributed by atoms with Crippen LogP contribution in [0.5, 0.6) is 10.9 Å². The molecule has 2 aliphatic rings. The number of fused-ring (bicyclic) bond motifs is 4. The third kappa shape index (κ3) is 2.86. The fourth-order valence-corrected chi connectivity index (χ4v) is 5.43. The van der Waals surface area contributed by atoms with Crippen molar-refractivity contribution in [3.05, 3.63) is 42.4 Å². The number of hydrogen-bond donors (Lipinski definition) is 0. The summed E-state index contributed by atoms with van der Waals surface area (Å²) < 4.78 is 13.0. The van der Waals surface area contributed by atoms with Crippen LogP contribution in [0.1, 0.15) is 37.9 Å². The Balaban J connectivity index is 1.24. The second-order valence-electron chi connectivity index (χ2n) is 7.66. The fraction of sp³-hybridized carbons (Fsp3) is 0.381. The lowest BCUT2D eigenvalue weighted by Gasteiger charge is -2.33. The molecule has 2 fully saturated rings. The summed E-state index contributed by atoms with van der Waals surface area (Å²) >= 11 is 1.47. The second-order valence-corrected chi connectivity index (χ2v) is 8.66. The molecule has 0 unspecified atom stereocenters. The average molecular weight is 392 g/mol. The lowest BCUT2D eigenvalue weighted by molar-refractivity contribution is 0.123. The van der Waals surface area contributed by atoms with Crippen molar-refractivity contribution in [1.29, 1.82) is 0 Å². The maximum atomic E-state index is 6.12. The molecule has 2 aliphatic heterocycles. The van der Waals surface area contributed by atoms with Gasteiger partial charge in [0.2, 0.25) is 0 Å². The number of thiazole rings is 1. The van der Waals surface area contributed by atoms with Gasteiger partial charge in [-0.1, -0.05) is 17.8 Å². The summed E-state index contributed by atoms with van der Waals surface area (Å²) in [5.41, 5.74) is 2.33. The number of rotatable bonds is 4. The van der Waals surface area contributed by atoms with E-state index in [4.69, 9.17) is 9.15 Å². The van der Waals surface area contributed by atoms with Gasteiger partial charge in [-0.05, 0) is 37.8 Å². The Morgan fingerprint density at radius 1 is 1.14 bits per heavy atom. The quantitative estimate of drug-likeness (QED) is 0.479. The van der Waals surface area contributed by atoms with Crippen molar-refractivity contribution in [3.8, 4) is 10.9 Å². The zero-order valence-corrected chi connectivity index (χ0v) is 16.2. The highest BCUT2D eigenvalue weighted by Crippen LogP contribution is 2.37. The monoisotopic (exact) mass is 392 g/mol. The summed E-state index contributed by atoms with van der Waals surface area (Å²) in [5, 5.41) is 0.562. The van der Waals surface area contributed by atoms with Gasteiger partial charge in [-0.25, -0.2) is 9.97 Å². The minimum atomic E-state index is 0.562. The molecule has 7 heteroatoms. The highest BCUT2D eigenvalue weighted by atomic mass is 32.1. The predicted molar refractivity (Wildman–Crippen MR) is 108 cm³/mol. The van der Waals surface area contributed by atoms with Gasteiger partial charge in [0.15, 0.2) is 17.0 Å². The van der Waals surface area contributed by atoms with Crippen LogP contribution in [0.25, 0.3) is 21.4 Å². The molecule has 0 saturated carbocycles. The van der Waals surface area contributed by atoms with E-state index in [1.165, 1.54) is 43.4 Å². The molecular weight excluding hydrogens is 372 g/mol. The Kier molecular flexibility index (Phi) is 3.84. The summed E-state index contributed by atoms with van der Waals surface area (Å²) in [7, 11) is 0. The molecule has 28 heavy (non-hydrogen) atoms. The number of piperidine rings is 1. The summed E-state index contributed by atoms with van der Waals surface area (Å²) in [4.78, 5) is 15.8. The molecule has 0 aromatic carbocycles. The van der Waals surface area contributed by atoms with Crippen molar-refractivity contribution in [1.82, 2.24) is 19.9 Å². The van der Waals surface area contributed by atoms with Crippen molar-refractivity contribution < 1.29 is 9.15 Å².